The second-order valence-corrected chi connectivity index (χ2v) is 6.54. The molecular formula is C17H21NO3S. The van der Waals surface area contributed by atoms with E-state index in [2.05, 4.69) is 0 Å². The normalized spacial score (nSPS) is 17.0. The number of nitrogens with zero attached hydrogens (tertiary/aromatic N) is 1. The number of thiophene rings is 1. The largest absolute Gasteiger partial charge is 0.462 e. The lowest BCUT2D eigenvalue weighted by atomic mass is 10.1. The Kier molecular flexibility index (Phi) is 5.19. The molecule has 0 spiro atoms. The Morgan fingerprint density at radius 1 is 1.45 bits per heavy atom. The van der Waals surface area contributed by atoms with Crippen LogP contribution in [0.4, 0.5) is 0 Å². The van der Waals surface area contributed by atoms with E-state index in [0.717, 1.165) is 4.88 Å². The van der Waals surface area contributed by atoms with Crippen molar-refractivity contribution in [3.63, 3.8) is 0 Å². The number of hydrogen-bond donors (Lipinski definition) is 0. The average Bonchev–Trinajstić information content (AvgIpc) is 3.02. The van der Waals surface area contributed by atoms with Gasteiger partial charge in [0.1, 0.15) is 0 Å². The van der Waals surface area contributed by atoms with Crippen molar-refractivity contribution in [1.82, 2.24) is 4.90 Å². The van der Waals surface area contributed by atoms with Crippen LogP contribution in [0.2, 0.25) is 0 Å². The fourth-order valence-corrected chi connectivity index (χ4v) is 3.09. The molecule has 2 heterocycles. The van der Waals surface area contributed by atoms with Gasteiger partial charge in [-0.1, -0.05) is 19.9 Å². The molecule has 0 unspecified atom stereocenters. The number of amides is 1. The fourth-order valence-electron chi connectivity index (χ4n) is 2.43. The van der Waals surface area contributed by atoms with Gasteiger partial charge >= 0.3 is 5.97 Å². The Balaban J connectivity index is 2.46. The third kappa shape index (κ3) is 3.30. The van der Waals surface area contributed by atoms with Crippen LogP contribution in [0.15, 0.2) is 34.4 Å². The first-order valence-corrected chi connectivity index (χ1v) is 8.29. The molecule has 0 aromatic carbocycles. The van der Waals surface area contributed by atoms with Gasteiger partial charge in [0.05, 0.1) is 17.8 Å². The highest BCUT2D eigenvalue weighted by Crippen LogP contribution is 2.32. The number of hydrogen-bond acceptors (Lipinski definition) is 4. The zero-order valence-corrected chi connectivity index (χ0v) is 14.2. The van der Waals surface area contributed by atoms with Crippen molar-refractivity contribution in [2.75, 3.05) is 13.2 Å². The van der Waals surface area contributed by atoms with Crippen LogP contribution in [-0.2, 0) is 14.3 Å². The molecule has 2 rings (SSSR count). The summed E-state index contributed by atoms with van der Waals surface area (Å²) in [6, 6.07) is 3.84. The van der Waals surface area contributed by atoms with Crippen LogP contribution in [0.5, 0.6) is 0 Å². The van der Waals surface area contributed by atoms with Crippen molar-refractivity contribution in [2.24, 2.45) is 5.92 Å². The molecular weight excluding hydrogens is 298 g/mol. The standard InChI is InChI=1S/C17H21NO3S/c1-5-21-17(20)15-12(4)18(10-11(2)3)16(19)14(15)9-13-7-6-8-22-13/h6-9,11H,5,10H2,1-4H3. The van der Waals surface area contributed by atoms with Crippen LogP contribution in [0.3, 0.4) is 0 Å². The highest BCUT2D eigenvalue weighted by Gasteiger charge is 2.37. The second-order valence-electron chi connectivity index (χ2n) is 5.56. The molecule has 0 radical (unpaired) electrons. The molecule has 1 aromatic rings. The van der Waals surface area contributed by atoms with Crippen LogP contribution in [0, 0.1) is 5.92 Å². The lowest BCUT2D eigenvalue weighted by Gasteiger charge is -2.19. The molecule has 1 amide bonds. The molecule has 0 bridgehead atoms. The molecule has 4 nitrogen and oxygen atoms in total. The first kappa shape index (κ1) is 16.5. The SMILES string of the molecule is CCOC(=O)C1=C(C)N(CC(C)C)C(=O)C1=Cc1cccs1. The Labute approximate surface area is 135 Å². The minimum Gasteiger partial charge on any atom is -0.462 e. The molecule has 0 saturated heterocycles. The topological polar surface area (TPSA) is 46.6 Å². The lowest BCUT2D eigenvalue weighted by Crippen LogP contribution is -2.28. The summed E-state index contributed by atoms with van der Waals surface area (Å²) < 4.78 is 5.13. The van der Waals surface area contributed by atoms with Crippen molar-refractivity contribution in [3.05, 3.63) is 39.2 Å². The maximum atomic E-state index is 12.7. The van der Waals surface area contributed by atoms with Gasteiger partial charge in [-0.25, -0.2) is 4.79 Å². The Morgan fingerprint density at radius 3 is 2.73 bits per heavy atom. The van der Waals surface area contributed by atoms with E-state index >= 15 is 0 Å². The van der Waals surface area contributed by atoms with Crippen LogP contribution in [0.25, 0.3) is 6.08 Å². The van der Waals surface area contributed by atoms with Gasteiger partial charge in [0, 0.05) is 17.1 Å². The molecule has 0 N–H and O–H groups in total. The molecule has 22 heavy (non-hydrogen) atoms. The smallest absolute Gasteiger partial charge is 0.340 e. The van der Waals surface area contributed by atoms with E-state index in [-0.39, 0.29) is 5.91 Å². The van der Waals surface area contributed by atoms with E-state index in [9.17, 15) is 9.59 Å². The molecule has 0 atom stereocenters. The van der Waals surface area contributed by atoms with Crippen molar-refractivity contribution in [2.45, 2.75) is 27.7 Å². The second kappa shape index (κ2) is 6.92. The summed E-state index contributed by atoms with van der Waals surface area (Å²) in [6.45, 7) is 8.55. The number of ether oxygens (including phenoxy) is 1. The summed E-state index contributed by atoms with van der Waals surface area (Å²) >= 11 is 1.53. The summed E-state index contributed by atoms with van der Waals surface area (Å²) in [5.74, 6) is -0.228. The zero-order valence-electron chi connectivity index (χ0n) is 13.4. The summed E-state index contributed by atoms with van der Waals surface area (Å²) in [5.41, 5.74) is 1.50. The van der Waals surface area contributed by atoms with Crippen LogP contribution < -0.4 is 0 Å². The van der Waals surface area contributed by atoms with Crippen molar-refractivity contribution < 1.29 is 14.3 Å². The highest BCUT2D eigenvalue weighted by atomic mass is 32.1. The summed E-state index contributed by atoms with van der Waals surface area (Å²) in [5, 5.41) is 1.94. The number of rotatable bonds is 5. The zero-order chi connectivity index (χ0) is 16.3. The first-order chi connectivity index (χ1) is 10.5. The van der Waals surface area contributed by atoms with Gasteiger partial charge in [-0.2, -0.15) is 0 Å². The third-order valence-electron chi connectivity index (χ3n) is 3.37. The number of carbonyl (C=O) groups is 2. The fraction of sp³-hybridized carbons (Fsp3) is 0.412. The van der Waals surface area contributed by atoms with E-state index < -0.39 is 5.97 Å². The summed E-state index contributed by atoms with van der Waals surface area (Å²) in [7, 11) is 0. The number of esters is 1. The molecule has 1 aromatic heterocycles. The molecule has 0 aliphatic carbocycles. The minimum atomic E-state index is -0.428. The average molecular weight is 319 g/mol. The lowest BCUT2D eigenvalue weighted by molar-refractivity contribution is -0.138. The van der Waals surface area contributed by atoms with Crippen LogP contribution in [0.1, 0.15) is 32.6 Å². The Morgan fingerprint density at radius 2 is 2.18 bits per heavy atom. The van der Waals surface area contributed by atoms with Crippen molar-refractivity contribution in [1.29, 1.82) is 0 Å². The maximum Gasteiger partial charge on any atom is 0.340 e. The van der Waals surface area contributed by atoms with E-state index in [1.165, 1.54) is 11.3 Å². The summed E-state index contributed by atoms with van der Waals surface area (Å²) in [4.78, 5) is 27.6. The quantitative estimate of drug-likeness (QED) is 0.617. The number of carbonyl (C=O) groups excluding carboxylic acids is 2. The predicted octanol–water partition coefficient (Wildman–Crippen LogP) is 3.47. The molecule has 118 valence electrons. The van der Waals surface area contributed by atoms with E-state index in [0.29, 0.717) is 35.9 Å². The number of allylic oxidation sites excluding steroid dienone is 1. The Hall–Kier alpha value is -1.88. The van der Waals surface area contributed by atoms with Gasteiger partial charge < -0.3 is 9.64 Å². The van der Waals surface area contributed by atoms with Crippen molar-refractivity contribution >= 4 is 29.3 Å². The molecule has 1 aliphatic rings. The Bertz CT molecular complexity index is 626. The molecule has 1 aliphatic heterocycles. The first-order valence-electron chi connectivity index (χ1n) is 7.41. The van der Waals surface area contributed by atoms with Crippen LogP contribution in [-0.4, -0.2) is 29.9 Å². The molecule has 5 heteroatoms. The van der Waals surface area contributed by atoms with E-state index in [1.807, 2.05) is 38.3 Å². The van der Waals surface area contributed by atoms with Gasteiger partial charge in [-0.15, -0.1) is 11.3 Å². The van der Waals surface area contributed by atoms with Crippen molar-refractivity contribution in [3.8, 4) is 0 Å². The van der Waals surface area contributed by atoms with Gasteiger partial charge in [0.2, 0.25) is 0 Å². The predicted molar refractivity (Wildman–Crippen MR) is 88.2 cm³/mol. The van der Waals surface area contributed by atoms with Gasteiger partial charge in [0.25, 0.3) is 5.91 Å². The highest BCUT2D eigenvalue weighted by molar-refractivity contribution is 7.10. The van der Waals surface area contributed by atoms with Gasteiger partial charge in [0.15, 0.2) is 0 Å². The monoisotopic (exact) mass is 319 g/mol. The molecule has 0 fully saturated rings. The maximum absolute atomic E-state index is 12.7. The van der Waals surface area contributed by atoms with Gasteiger partial charge in [-0.05, 0) is 37.3 Å². The van der Waals surface area contributed by atoms with Gasteiger partial charge in [-0.3, -0.25) is 4.79 Å². The molecule has 0 saturated carbocycles. The van der Waals surface area contributed by atoms with Crippen LogP contribution >= 0.6 is 11.3 Å². The third-order valence-corrected chi connectivity index (χ3v) is 4.19. The van der Waals surface area contributed by atoms with E-state index in [1.54, 1.807) is 17.9 Å². The minimum absolute atomic E-state index is 0.123. The van der Waals surface area contributed by atoms with E-state index in [4.69, 9.17) is 4.74 Å². The summed E-state index contributed by atoms with van der Waals surface area (Å²) in [6.07, 6.45) is 1.78.